The van der Waals surface area contributed by atoms with Gasteiger partial charge in [0.1, 0.15) is 0 Å². The van der Waals surface area contributed by atoms with Crippen LogP contribution in [0.3, 0.4) is 0 Å². The summed E-state index contributed by atoms with van der Waals surface area (Å²) in [4.78, 5) is 12.8. The van der Waals surface area contributed by atoms with Gasteiger partial charge in [0.15, 0.2) is 0 Å². The Bertz CT molecular complexity index is 463. The summed E-state index contributed by atoms with van der Waals surface area (Å²) >= 11 is 5.80. The molecule has 1 aliphatic rings. The van der Waals surface area contributed by atoms with Gasteiger partial charge < -0.3 is 5.11 Å². The Kier molecular flexibility index (Phi) is 4.74. The summed E-state index contributed by atoms with van der Waals surface area (Å²) in [5, 5.41) is 20.5. The number of benzene rings is 1. The summed E-state index contributed by atoms with van der Waals surface area (Å²) in [7, 11) is 0. The number of rotatable bonds is 6. The van der Waals surface area contributed by atoms with E-state index in [0.29, 0.717) is 29.7 Å². The third kappa shape index (κ3) is 3.43. The number of nitro groups is 1. The molecule has 1 aromatic rings. The summed E-state index contributed by atoms with van der Waals surface area (Å²) in [6, 6.07) is 5.18. The van der Waals surface area contributed by atoms with E-state index in [1.54, 1.807) is 12.1 Å². The first-order chi connectivity index (χ1) is 9.11. The average Bonchev–Trinajstić information content (AvgIpc) is 2.29. The van der Waals surface area contributed by atoms with Crippen molar-refractivity contribution in [3.05, 3.63) is 38.9 Å². The Morgan fingerprint density at radius 2 is 2.21 bits per heavy atom. The highest BCUT2D eigenvalue weighted by Gasteiger charge is 2.26. The molecular weight excluding hydrogens is 268 g/mol. The summed E-state index contributed by atoms with van der Waals surface area (Å²) < 4.78 is 0. The van der Waals surface area contributed by atoms with Crippen molar-refractivity contribution in [2.45, 2.75) is 31.8 Å². The molecule has 1 aromatic carbocycles. The highest BCUT2D eigenvalue weighted by Crippen LogP contribution is 2.29. The maximum atomic E-state index is 11.0. The van der Waals surface area contributed by atoms with Crippen molar-refractivity contribution in [3.63, 3.8) is 0 Å². The quantitative estimate of drug-likeness (QED) is 0.644. The largest absolute Gasteiger partial charge is 0.395 e. The molecule has 6 heteroatoms. The number of nitro benzene ring substituents is 1. The minimum atomic E-state index is -0.404. The molecule has 0 amide bonds. The van der Waals surface area contributed by atoms with E-state index < -0.39 is 4.92 Å². The average molecular weight is 285 g/mol. The van der Waals surface area contributed by atoms with Crippen LogP contribution in [0.25, 0.3) is 0 Å². The van der Waals surface area contributed by atoms with Gasteiger partial charge in [0.2, 0.25) is 0 Å². The highest BCUT2D eigenvalue weighted by atomic mass is 35.5. The van der Waals surface area contributed by atoms with Gasteiger partial charge in [-0.3, -0.25) is 15.0 Å². The van der Waals surface area contributed by atoms with Crippen LogP contribution >= 0.6 is 11.6 Å². The van der Waals surface area contributed by atoms with E-state index in [0.717, 1.165) is 12.8 Å². The minimum absolute atomic E-state index is 0.0507. The van der Waals surface area contributed by atoms with E-state index in [-0.39, 0.29) is 12.3 Å². The zero-order valence-electron chi connectivity index (χ0n) is 10.6. The lowest BCUT2D eigenvalue weighted by Crippen LogP contribution is -2.41. The SMILES string of the molecule is O=[N+]([O-])c1cc(Cl)ccc1CN(CCO)C1CCC1. The van der Waals surface area contributed by atoms with Crippen molar-refractivity contribution in [2.24, 2.45) is 0 Å². The summed E-state index contributed by atoms with van der Waals surface area (Å²) in [6.45, 7) is 1.10. The molecule has 5 nitrogen and oxygen atoms in total. The lowest BCUT2D eigenvalue weighted by molar-refractivity contribution is -0.385. The smallest absolute Gasteiger partial charge is 0.275 e. The Labute approximate surface area is 116 Å². The van der Waals surface area contributed by atoms with E-state index in [2.05, 4.69) is 4.90 Å². The van der Waals surface area contributed by atoms with Gasteiger partial charge in [-0.05, 0) is 25.0 Å². The van der Waals surface area contributed by atoms with E-state index in [9.17, 15) is 10.1 Å². The molecule has 1 saturated carbocycles. The molecule has 19 heavy (non-hydrogen) atoms. The number of aliphatic hydroxyl groups is 1. The van der Waals surface area contributed by atoms with Crippen LogP contribution in [0.15, 0.2) is 18.2 Å². The fraction of sp³-hybridized carbons (Fsp3) is 0.538. The molecule has 0 radical (unpaired) electrons. The zero-order valence-corrected chi connectivity index (χ0v) is 11.3. The van der Waals surface area contributed by atoms with E-state index >= 15 is 0 Å². The number of hydrogen-bond donors (Lipinski definition) is 1. The standard InChI is InChI=1S/C13H17ClN2O3/c14-11-5-4-10(13(8-11)16(18)19)9-15(6-7-17)12-2-1-3-12/h4-5,8,12,17H,1-3,6-7,9H2. The van der Waals surface area contributed by atoms with Crippen molar-refractivity contribution in [1.82, 2.24) is 4.90 Å². The van der Waals surface area contributed by atoms with Crippen LogP contribution in [0.1, 0.15) is 24.8 Å². The first-order valence-corrected chi connectivity index (χ1v) is 6.77. The Morgan fingerprint density at radius 3 is 2.74 bits per heavy atom. The minimum Gasteiger partial charge on any atom is -0.395 e. The Hall–Kier alpha value is -1.17. The van der Waals surface area contributed by atoms with Gasteiger partial charge in [-0.2, -0.15) is 0 Å². The molecular formula is C13H17ClN2O3. The molecule has 2 rings (SSSR count). The molecule has 0 saturated heterocycles. The molecule has 1 fully saturated rings. The van der Waals surface area contributed by atoms with Crippen molar-refractivity contribution in [3.8, 4) is 0 Å². The van der Waals surface area contributed by atoms with Gasteiger partial charge in [-0.25, -0.2) is 0 Å². The predicted molar refractivity (Wildman–Crippen MR) is 73.2 cm³/mol. The van der Waals surface area contributed by atoms with Crippen molar-refractivity contribution in [1.29, 1.82) is 0 Å². The van der Waals surface area contributed by atoms with Crippen molar-refractivity contribution < 1.29 is 10.0 Å². The first-order valence-electron chi connectivity index (χ1n) is 6.39. The van der Waals surface area contributed by atoms with Crippen LogP contribution < -0.4 is 0 Å². The Morgan fingerprint density at radius 1 is 1.47 bits per heavy atom. The van der Waals surface area contributed by atoms with Gasteiger partial charge in [0.25, 0.3) is 5.69 Å². The maximum absolute atomic E-state index is 11.0. The van der Waals surface area contributed by atoms with Gasteiger partial charge in [0, 0.05) is 35.8 Å². The maximum Gasteiger partial charge on any atom is 0.275 e. The van der Waals surface area contributed by atoms with Crippen LogP contribution in [0.2, 0.25) is 5.02 Å². The molecule has 1 aliphatic carbocycles. The summed E-state index contributed by atoms with van der Waals surface area (Å²) in [6.07, 6.45) is 3.39. The molecule has 0 aromatic heterocycles. The van der Waals surface area contributed by atoms with Gasteiger partial charge in [-0.15, -0.1) is 0 Å². The molecule has 0 unspecified atom stereocenters. The predicted octanol–water partition coefficient (Wildman–Crippen LogP) is 2.60. The molecule has 0 heterocycles. The third-order valence-corrected chi connectivity index (χ3v) is 3.83. The zero-order chi connectivity index (χ0) is 13.8. The second kappa shape index (κ2) is 6.32. The number of aliphatic hydroxyl groups excluding tert-OH is 1. The van der Waals surface area contributed by atoms with Crippen LogP contribution in [0, 0.1) is 10.1 Å². The molecule has 0 aliphatic heterocycles. The monoisotopic (exact) mass is 284 g/mol. The van der Waals surface area contributed by atoms with Crippen LogP contribution in [-0.4, -0.2) is 34.1 Å². The lowest BCUT2D eigenvalue weighted by atomic mass is 9.91. The first kappa shape index (κ1) is 14.2. The second-order valence-corrected chi connectivity index (χ2v) is 5.25. The molecule has 0 spiro atoms. The Balaban J connectivity index is 2.17. The highest BCUT2D eigenvalue weighted by molar-refractivity contribution is 6.30. The number of nitrogens with zero attached hydrogens (tertiary/aromatic N) is 2. The summed E-state index contributed by atoms with van der Waals surface area (Å²) in [5.74, 6) is 0. The molecule has 0 bridgehead atoms. The van der Waals surface area contributed by atoms with Crippen molar-refractivity contribution >= 4 is 17.3 Å². The lowest BCUT2D eigenvalue weighted by Gasteiger charge is -2.37. The molecule has 1 N–H and O–H groups in total. The van der Waals surface area contributed by atoms with Gasteiger partial charge in [-0.1, -0.05) is 18.0 Å². The van der Waals surface area contributed by atoms with Crippen LogP contribution in [0.5, 0.6) is 0 Å². The fourth-order valence-electron chi connectivity index (χ4n) is 2.33. The summed E-state index contributed by atoms with van der Waals surface area (Å²) in [5.41, 5.74) is 0.699. The van der Waals surface area contributed by atoms with Gasteiger partial charge >= 0.3 is 0 Å². The van der Waals surface area contributed by atoms with E-state index in [1.165, 1.54) is 12.5 Å². The van der Waals surface area contributed by atoms with Gasteiger partial charge in [0.05, 0.1) is 11.5 Å². The van der Waals surface area contributed by atoms with Crippen LogP contribution in [-0.2, 0) is 6.54 Å². The fourth-order valence-corrected chi connectivity index (χ4v) is 2.50. The van der Waals surface area contributed by atoms with Crippen LogP contribution in [0.4, 0.5) is 5.69 Å². The van der Waals surface area contributed by atoms with E-state index in [4.69, 9.17) is 16.7 Å². The molecule has 0 atom stereocenters. The second-order valence-electron chi connectivity index (χ2n) is 4.81. The normalized spacial score (nSPS) is 15.5. The number of halogens is 1. The molecule has 104 valence electrons. The van der Waals surface area contributed by atoms with Crippen molar-refractivity contribution in [2.75, 3.05) is 13.2 Å². The number of hydrogen-bond acceptors (Lipinski definition) is 4. The topological polar surface area (TPSA) is 66.6 Å². The van der Waals surface area contributed by atoms with E-state index in [1.807, 2.05) is 0 Å². The third-order valence-electron chi connectivity index (χ3n) is 3.60.